The van der Waals surface area contributed by atoms with E-state index in [1.807, 2.05) is 6.92 Å². The highest BCUT2D eigenvalue weighted by Gasteiger charge is 2.16. The lowest BCUT2D eigenvalue weighted by Crippen LogP contribution is -2.34. The third kappa shape index (κ3) is 6.91. The molecule has 6 nitrogen and oxygen atoms in total. The summed E-state index contributed by atoms with van der Waals surface area (Å²) < 4.78 is 31.6. The molecular formula is C15H24N2O4S. The predicted molar refractivity (Wildman–Crippen MR) is 85.2 cm³/mol. The van der Waals surface area contributed by atoms with Crippen LogP contribution in [0.4, 0.5) is 4.79 Å². The average molecular weight is 328 g/mol. The van der Waals surface area contributed by atoms with Crippen molar-refractivity contribution in [3.63, 3.8) is 0 Å². The topological polar surface area (TPSA) is 84.5 Å². The molecule has 0 fully saturated rings. The lowest BCUT2D eigenvalue weighted by molar-refractivity contribution is 0.0527. The van der Waals surface area contributed by atoms with Crippen molar-refractivity contribution >= 4 is 16.1 Å². The van der Waals surface area contributed by atoms with Gasteiger partial charge >= 0.3 is 6.09 Å². The molecule has 1 amide bonds. The fourth-order valence-corrected chi connectivity index (χ4v) is 2.67. The standard InChI is InChI=1S/C15H24N2O4S/c1-12-6-8-13(9-7-12)22(19,20)17-11-5-10-16-14(18)21-15(2,3)4/h6-9,17H,5,10-11H2,1-4H3,(H,16,18). The summed E-state index contributed by atoms with van der Waals surface area (Å²) in [5.74, 6) is 0. The molecule has 0 aliphatic heterocycles. The van der Waals surface area contributed by atoms with Gasteiger partial charge in [0.15, 0.2) is 0 Å². The van der Waals surface area contributed by atoms with Gasteiger partial charge in [0.05, 0.1) is 4.90 Å². The summed E-state index contributed by atoms with van der Waals surface area (Å²) in [4.78, 5) is 11.6. The van der Waals surface area contributed by atoms with Crippen LogP contribution in [0.25, 0.3) is 0 Å². The molecule has 0 radical (unpaired) electrons. The van der Waals surface area contributed by atoms with E-state index in [2.05, 4.69) is 10.0 Å². The summed E-state index contributed by atoms with van der Waals surface area (Å²) in [5, 5.41) is 2.58. The molecule has 0 aliphatic rings. The van der Waals surface area contributed by atoms with Crippen molar-refractivity contribution in [3.05, 3.63) is 29.8 Å². The normalized spacial score (nSPS) is 12.0. The molecule has 2 N–H and O–H groups in total. The van der Waals surface area contributed by atoms with Gasteiger partial charge in [-0.2, -0.15) is 0 Å². The molecule has 0 heterocycles. The van der Waals surface area contributed by atoms with Gasteiger partial charge in [0.2, 0.25) is 10.0 Å². The maximum absolute atomic E-state index is 12.0. The quantitative estimate of drug-likeness (QED) is 0.784. The molecule has 0 atom stereocenters. The first-order chi connectivity index (χ1) is 10.1. The van der Waals surface area contributed by atoms with Gasteiger partial charge in [0, 0.05) is 13.1 Å². The number of carbonyl (C=O) groups excluding carboxylic acids is 1. The van der Waals surface area contributed by atoms with Gasteiger partial charge in [0.25, 0.3) is 0 Å². The number of nitrogens with one attached hydrogen (secondary N) is 2. The number of benzene rings is 1. The Labute approximate surface area is 132 Å². The van der Waals surface area contributed by atoms with Crippen molar-refractivity contribution in [1.82, 2.24) is 10.0 Å². The molecule has 1 rings (SSSR count). The van der Waals surface area contributed by atoms with Crippen molar-refractivity contribution in [2.45, 2.75) is 44.6 Å². The lowest BCUT2D eigenvalue weighted by Gasteiger charge is -2.19. The molecule has 0 bridgehead atoms. The second-order valence-corrected chi connectivity index (χ2v) is 7.76. The van der Waals surface area contributed by atoms with Crippen LogP contribution in [-0.2, 0) is 14.8 Å². The van der Waals surface area contributed by atoms with E-state index in [-0.39, 0.29) is 11.4 Å². The zero-order chi connectivity index (χ0) is 16.8. The van der Waals surface area contributed by atoms with E-state index in [9.17, 15) is 13.2 Å². The summed E-state index contributed by atoms with van der Waals surface area (Å²) in [6, 6.07) is 6.63. The molecule has 0 spiro atoms. The number of rotatable bonds is 6. The smallest absolute Gasteiger partial charge is 0.407 e. The van der Waals surface area contributed by atoms with Crippen LogP contribution in [0.15, 0.2) is 29.2 Å². The fraction of sp³-hybridized carbons (Fsp3) is 0.533. The van der Waals surface area contributed by atoms with Crippen molar-refractivity contribution in [2.75, 3.05) is 13.1 Å². The Morgan fingerprint density at radius 2 is 1.73 bits per heavy atom. The summed E-state index contributed by atoms with van der Waals surface area (Å²) in [5.41, 5.74) is 0.456. The van der Waals surface area contributed by atoms with E-state index in [1.54, 1.807) is 45.0 Å². The first-order valence-electron chi connectivity index (χ1n) is 7.13. The second-order valence-electron chi connectivity index (χ2n) is 5.99. The molecule has 1 aromatic rings. The van der Waals surface area contributed by atoms with E-state index in [0.717, 1.165) is 5.56 Å². The number of aryl methyl sites for hydroxylation is 1. The number of hydrogen-bond donors (Lipinski definition) is 2. The number of amides is 1. The van der Waals surface area contributed by atoms with Gasteiger partial charge in [0.1, 0.15) is 5.60 Å². The Morgan fingerprint density at radius 1 is 1.14 bits per heavy atom. The highest BCUT2D eigenvalue weighted by molar-refractivity contribution is 7.89. The first-order valence-corrected chi connectivity index (χ1v) is 8.62. The van der Waals surface area contributed by atoms with Gasteiger partial charge in [-0.3, -0.25) is 0 Å². The van der Waals surface area contributed by atoms with Crippen LogP contribution >= 0.6 is 0 Å². The number of carbonyl (C=O) groups is 1. The van der Waals surface area contributed by atoms with Gasteiger partial charge in [-0.05, 0) is 46.2 Å². The molecule has 0 saturated carbocycles. The predicted octanol–water partition coefficient (Wildman–Crippen LogP) is 2.19. The Balaban J connectivity index is 2.32. The van der Waals surface area contributed by atoms with E-state index in [0.29, 0.717) is 13.0 Å². The largest absolute Gasteiger partial charge is 0.444 e. The molecule has 124 valence electrons. The third-order valence-electron chi connectivity index (χ3n) is 2.65. The molecule has 0 aliphatic carbocycles. The van der Waals surface area contributed by atoms with E-state index in [4.69, 9.17) is 4.74 Å². The number of alkyl carbamates (subject to hydrolysis) is 1. The van der Waals surface area contributed by atoms with E-state index < -0.39 is 21.7 Å². The van der Waals surface area contributed by atoms with Gasteiger partial charge in [-0.25, -0.2) is 17.9 Å². The zero-order valence-corrected chi connectivity index (χ0v) is 14.3. The Morgan fingerprint density at radius 3 is 2.27 bits per heavy atom. The van der Waals surface area contributed by atoms with Gasteiger partial charge in [-0.1, -0.05) is 17.7 Å². The molecule has 0 unspecified atom stereocenters. The van der Waals surface area contributed by atoms with Crippen LogP contribution < -0.4 is 10.0 Å². The monoisotopic (exact) mass is 328 g/mol. The first kappa shape index (κ1) is 18.4. The van der Waals surface area contributed by atoms with E-state index in [1.165, 1.54) is 0 Å². The second kappa shape index (κ2) is 7.60. The maximum atomic E-state index is 12.0. The van der Waals surface area contributed by atoms with E-state index >= 15 is 0 Å². The van der Waals surface area contributed by atoms with Crippen molar-refractivity contribution in [3.8, 4) is 0 Å². The summed E-state index contributed by atoms with van der Waals surface area (Å²) in [6.07, 6.45) is -0.0291. The van der Waals surface area contributed by atoms with Crippen LogP contribution in [0.1, 0.15) is 32.8 Å². The van der Waals surface area contributed by atoms with Crippen molar-refractivity contribution in [1.29, 1.82) is 0 Å². The Hall–Kier alpha value is -1.60. The Bertz CT molecular complexity index is 589. The van der Waals surface area contributed by atoms with Crippen LogP contribution in [0.2, 0.25) is 0 Å². The highest BCUT2D eigenvalue weighted by atomic mass is 32.2. The minimum absolute atomic E-state index is 0.234. The minimum atomic E-state index is -3.50. The molecule has 1 aromatic carbocycles. The van der Waals surface area contributed by atoms with Gasteiger partial charge < -0.3 is 10.1 Å². The van der Waals surface area contributed by atoms with Crippen LogP contribution in [0, 0.1) is 6.92 Å². The number of hydrogen-bond acceptors (Lipinski definition) is 4. The van der Waals surface area contributed by atoms with Crippen LogP contribution in [-0.4, -0.2) is 33.2 Å². The third-order valence-corrected chi connectivity index (χ3v) is 4.12. The summed E-state index contributed by atoms with van der Waals surface area (Å²) >= 11 is 0. The molecule has 22 heavy (non-hydrogen) atoms. The molecule has 7 heteroatoms. The molecule has 0 saturated heterocycles. The van der Waals surface area contributed by atoms with Crippen molar-refractivity contribution in [2.24, 2.45) is 0 Å². The van der Waals surface area contributed by atoms with Crippen LogP contribution in [0.3, 0.4) is 0 Å². The van der Waals surface area contributed by atoms with Crippen LogP contribution in [0.5, 0.6) is 0 Å². The minimum Gasteiger partial charge on any atom is -0.444 e. The van der Waals surface area contributed by atoms with Crippen molar-refractivity contribution < 1.29 is 17.9 Å². The maximum Gasteiger partial charge on any atom is 0.407 e. The highest BCUT2D eigenvalue weighted by Crippen LogP contribution is 2.09. The molecular weight excluding hydrogens is 304 g/mol. The number of ether oxygens (including phenoxy) is 1. The number of sulfonamides is 1. The molecule has 0 aromatic heterocycles. The fourth-order valence-electron chi connectivity index (χ4n) is 1.60. The SMILES string of the molecule is Cc1ccc(S(=O)(=O)NCCCNC(=O)OC(C)(C)C)cc1. The van der Waals surface area contributed by atoms with Gasteiger partial charge in [-0.15, -0.1) is 0 Å². The summed E-state index contributed by atoms with van der Waals surface area (Å²) in [7, 11) is -3.50. The summed E-state index contributed by atoms with van der Waals surface area (Å²) in [6.45, 7) is 7.82. The zero-order valence-electron chi connectivity index (χ0n) is 13.5. The lowest BCUT2D eigenvalue weighted by atomic mass is 10.2. The Kier molecular flexibility index (Phi) is 6.37. The average Bonchev–Trinajstić information content (AvgIpc) is 2.36.